The molecule has 0 unspecified atom stereocenters. The first-order valence-electron chi connectivity index (χ1n) is 6.77. The molecule has 1 heterocycles. The summed E-state index contributed by atoms with van der Waals surface area (Å²) in [6, 6.07) is 3.98. The van der Waals surface area contributed by atoms with E-state index in [4.69, 9.17) is 0 Å². The molecule has 1 aromatic heterocycles. The molecule has 2 rings (SSSR count). The van der Waals surface area contributed by atoms with Crippen molar-refractivity contribution >= 4 is 11.7 Å². The molecule has 1 N–H and O–H groups in total. The van der Waals surface area contributed by atoms with Crippen LogP contribution in [-0.2, 0) is 17.8 Å². The van der Waals surface area contributed by atoms with E-state index in [0.29, 0.717) is 12.2 Å². The van der Waals surface area contributed by atoms with Crippen LogP contribution in [0.25, 0.3) is 0 Å². The van der Waals surface area contributed by atoms with Crippen molar-refractivity contribution in [2.75, 3.05) is 12.4 Å². The number of anilines is 1. The zero-order valence-electron chi connectivity index (χ0n) is 12.1. The third kappa shape index (κ3) is 3.59. The van der Waals surface area contributed by atoms with Gasteiger partial charge in [-0.15, -0.1) is 0 Å². The minimum Gasteiger partial charge on any atom is -0.465 e. The molecule has 5 nitrogen and oxygen atoms in total. The maximum absolute atomic E-state index is 13.3. The van der Waals surface area contributed by atoms with E-state index in [1.165, 1.54) is 19.2 Å². The van der Waals surface area contributed by atoms with Gasteiger partial charge in [-0.2, -0.15) is 0 Å². The number of nitrogens with zero attached hydrogens (tertiary/aromatic N) is 2. The number of aromatic nitrogens is 2. The van der Waals surface area contributed by atoms with Crippen molar-refractivity contribution in [3.8, 4) is 0 Å². The Hall–Kier alpha value is -2.37. The molecular formula is C15H18FN3O2. The van der Waals surface area contributed by atoms with Crippen molar-refractivity contribution in [1.82, 2.24) is 9.55 Å². The maximum atomic E-state index is 13.3. The Morgan fingerprint density at radius 1 is 1.48 bits per heavy atom. The molecule has 0 atom stereocenters. The highest BCUT2D eigenvalue weighted by Crippen LogP contribution is 2.19. The van der Waals surface area contributed by atoms with Gasteiger partial charge in [-0.3, -0.25) is 0 Å². The van der Waals surface area contributed by atoms with Crippen molar-refractivity contribution in [2.24, 2.45) is 0 Å². The lowest BCUT2D eigenvalue weighted by Gasteiger charge is -2.12. The van der Waals surface area contributed by atoms with Crippen LogP contribution in [0.15, 0.2) is 30.6 Å². The second-order valence-corrected chi connectivity index (χ2v) is 4.57. The Kier molecular flexibility index (Phi) is 4.92. The Morgan fingerprint density at radius 2 is 2.29 bits per heavy atom. The number of esters is 1. The number of ether oxygens (including phenoxy) is 1. The summed E-state index contributed by atoms with van der Waals surface area (Å²) in [4.78, 5) is 15.9. The maximum Gasteiger partial charge on any atom is 0.340 e. The van der Waals surface area contributed by atoms with E-state index in [2.05, 4.69) is 22.0 Å². The fourth-order valence-electron chi connectivity index (χ4n) is 2.08. The first-order valence-corrected chi connectivity index (χ1v) is 6.77. The monoisotopic (exact) mass is 291 g/mol. The van der Waals surface area contributed by atoms with Crippen molar-refractivity contribution in [3.05, 3.63) is 47.8 Å². The van der Waals surface area contributed by atoms with Gasteiger partial charge < -0.3 is 14.6 Å². The van der Waals surface area contributed by atoms with Crippen LogP contribution in [0.2, 0.25) is 0 Å². The molecule has 1 aromatic carbocycles. The molecule has 0 bridgehead atoms. The molecule has 0 saturated carbocycles. The average Bonchev–Trinajstić information content (AvgIpc) is 2.93. The Morgan fingerprint density at radius 3 is 3.00 bits per heavy atom. The van der Waals surface area contributed by atoms with Gasteiger partial charge in [-0.1, -0.05) is 6.92 Å². The van der Waals surface area contributed by atoms with Gasteiger partial charge in [0, 0.05) is 24.6 Å². The van der Waals surface area contributed by atoms with E-state index in [0.717, 1.165) is 24.9 Å². The van der Waals surface area contributed by atoms with E-state index in [-0.39, 0.29) is 5.56 Å². The van der Waals surface area contributed by atoms with Crippen LogP contribution >= 0.6 is 0 Å². The third-order valence-electron chi connectivity index (χ3n) is 3.09. The molecular weight excluding hydrogens is 273 g/mol. The average molecular weight is 291 g/mol. The summed E-state index contributed by atoms with van der Waals surface area (Å²) in [5.74, 6) is -0.195. The van der Waals surface area contributed by atoms with Crippen LogP contribution in [0.1, 0.15) is 29.5 Å². The van der Waals surface area contributed by atoms with E-state index in [9.17, 15) is 9.18 Å². The quantitative estimate of drug-likeness (QED) is 0.831. The van der Waals surface area contributed by atoms with Crippen LogP contribution in [0, 0.1) is 5.82 Å². The van der Waals surface area contributed by atoms with E-state index in [1.54, 1.807) is 6.20 Å². The predicted molar refractivity (Wildman–Crippen MR) is 77.6 cm³/mol. The minimum absolute atomic E-state index is 0.172. The summed E-state index contributed by atoms with van der Waals surface area (Å²) in [5.41, 5.74) is 0.695. The number of imidazole rings is 1. The first kappa shape index (κ1) is 15.0. The molecule has 0 fully saturated rings. The third-order valence-corrected chi connectivity index (χ3v) is 3.09. The molecule has 2 aromatic rings. The van der Waals surface area contributed by atoms with Gasteiger partial charge in [-0.05, 0) is 24.6 Å². The number of hydrogen-bond acceptors (Lipinski definition) is 4. The standard InChI is InChI=1S/C15H18FN3O2/c1-3-7-19-8-6-17-14(19)10-18-13-5-4-11(16)9-12(13)15(20)21-2/h4-6,8-9,18H,3,7,10H2,1-2H3. The van der Waals surface area contributed by atoms with Gasteiger partial charge in [0.2, 0.25) is 0 Å². The highest BCUT2D eigenvalue weighted by molar-refractivity contribution is 5.95. The summed E-state index contributed by atoms with van der Waals surface area (Å²) in [5, 5.41) is 3.11. The summed E-state index contributed by atoms with van der Waals surface area (Å²) in [6.45, 7) is 3.42. The summed E-state index contributed by atoms with van der Waals surface area (Å²) < 4.78 is 20.0. The summed E-state index contributed by atoms with van der Waals surface area (Å²) in [7, 11) is 1.27. The molecule has 0 aliphatic carbocycles. The van der Waals surface area contributed by atoms with Gasteiger partial charge in [0.1, 0.15) is 11.6 Å². The van der Waals surface area contributed by atoms with Gasteiger partial charge in [0.05, 0.1) is 19.2 Å². The molecule has 0 aliphatic heterocycles. The van der Waals surface area contributed by atoms with Crippen molar-refractivity contribution in [1.29, 1.82) is 0 Å². The number of aryl methyl sites for hydroxylation is 1. The van der Waals surface area contributed by atoms with Crippen LogP contribution in [0.3, 0.4) is 0 Å². The molecule has 21 heavy (non-hydrogen) atoms. The van der Waals surface area contributed by atoms with E-state index >= 15 is 0 Å². The number of hydrogen-bond donors (Lipinski definition) is 1. The van der Waals surface area contributed by atoms with Crippen molar-refractivity contribution in [2.45, 2.75) is 26.4 Å². The van der Waals surface area contributed by atoms with Crippen LogP contribution in [0.5, 0.6) is 0 Å². The fourth-order valence-corrected chi connectivity index (χ4v) is 2.08. The van der Waals surface area contributed by atoms with Gasteiger partial charge in [0.15, 0.2) is 0 Å². The zero-order chi connectivity index (χ0) is 15.2. The summed E-state index contributed by atoms with van der Waals surface area (Å²) in [6.07, 6.45) is 4.65. The van der Waals surface area contributed by atoms with Crippen LogP contribution in [-0.4, -0.2) is 22.6 Å². The Labute approximate surface area is 122 Å². The van der Waals surface area contributed by atoms with Gasteiger partial charge >= 0.3 is 5.97 Å². The van der Waals surface area contributed by atoms with Gasteiger partial charge in [-0.25, -0.2) is 14.2 Å². The smallest absolute Gasteiger partial charge is 0.340 e. The van der Waals surface area contributed by atoms with E-state index in [1.807, 2.05) is 10.8 Å². The Bertz CT molecular complexity index is 625. The molecule has 0 amide bonds. The highest BCUT2D eigenvalue weighted by atomic mass is 19.1. The molecule has 0 saturated heterocycles. The Balaban J connectivity index is 2.16. The minimum atomic E-state index is -0.575. The number of carbonyl (C=O) groups excluding carboxylic acids is 1. The second-order valence-electron chi connectivity index (χ2n) is 4.57. The highest BCUT2D eigenvalue weighted by Gasteiger charge is 2.13. The number of benzene rings is 1. The second kappa shape index (κ2) is 6.88. The lowest BCUT2D eigenvalue weighted by Crippen LogP contribution is -2.12. The normalized spacial score (nSPS) is 10.4. The van der Waals surface area contributed by atoms with E-state index < -0.39 is 11.8 Å². The lowest BCUT2D eigenvalue weighted by atomic mass is 10.1. The van der Waals surface area contributed by atoms with Crippen molar-refractivity contribution < 1.29 is 13.9 Å². The first-order chi connectivity index (χ1) is 10.2. The SMILES string of the molecule is CCCn1ccnc1CNc1ccc(F)cc1C(=O)OC. The topological polar surface area (TPSA) is 56.2 Å². The predicted octanol–water partition coefficient (Wildman–Crippen LogP) is 2.83. The fraction of sp³-hybridized carbons (Fsp3) is 0.333. The number of rotatable bonds is 6. The zero-order valence-corrected chi connectivity index (χ0v) is 12.1. The number of halogens is 1. The van der Waals surface area contributed by atoms with Crippen molar-refractivity contribution in [3.63, 3.8) is 0 Å². The number of carbonyl (C=O) groups is 1. The van der Waals surface area contributed by atoms with Crippen LogP contribution < -0.4 is 5.32 Å². The number of methoxy groups -OCH3 is 1. The lowest BCUT2D eigenvalue weighted by molar-refractivity contribution is 0.0601. The van der Waals surface area contributed by atoms with Gasteiger partial charge in [0.25, 0.3) is 0 Å². The molecule has 0 radical (unpaired) electrons. The number of nitrogens with one attached hydrogen (secondary N) is 1. The largest absolute Gasteiger partial charge is 0.465 e. The molecule has 0 aliphatic rings. The van der Waals surface area contributed by atoms with Crippen LogP contribution in [0.4, 0.5) is 10.1 Å². The summed E-state index contributed by atoms with van der Waals surface area (Å²) >= 11 is 0. The molecule has 6 heteroatoms. The molecule has 0 spiro atoms. The molecule has 112 valence electrons.